The number of fused-ring (bicyclic) bond motifs is 1. The molecule has 0 fully saturated rings. The highest BCUT2D eigenvalue weighted by atomic mass is 35.5. The zero-order chi connectivity index (χ0) is 13.2. The lowest BCUT2D eigenvalue weighted by molar-refractivity contribution is 1.16. The number of benzene rings is 1. The summed E-state index contributed by atoms with van der Waals surface area (Å²) < 4.78 is 1.90. The smallest absolute Gasteiger partial charge is 0.156 e. The van der Waals surface area contributed by atoms with Crippen LogP contribution in [0.15, 0.2) is 48.8 Å². The topological polar surface area (TPSA) is 17.3 Å². The molecule has 2 heterocycles. The number of aromatic nitrogens is 2. The largest absolute Gasteiger partial charge is 0.292 e. The molecule has 3 heteroatoms. The molecule has 0 saturated carbocycles. The van der Waals surface area contributed by atoms with E-state index < -0.39 is 0 Å². The van der Waals surface area contributed by atoms with E-state index in [0.717, 1.165) is 16.9 Å². The van der Waals surface area contributed by atoms with Gasteiger partial charge < -0.3 is 0 Å². The molecule has 0 atom stereocenters. The van der Waals surface area contributed by atoms with E-state index in [9.17, 15) is 0 Å². The van der Waals surface area contributed by atoms with Crippen LogP contribution < -0.4 is 0 Å². The van der Waals surface area contributed by atoms with Gasteiger partial charge in [0.15, 0.2) is 5.65 Å². The van der Waals surface area contributed by atoms with Gasteiger partial charge in [0.05, 0.1) is 11.2 Å². The average molecular weight is 267 g/mol. The Hall–Kier alpha value is -2.24. The van der Waals surface area contributed by atoms with Crippen LogP contribution in [-0.2, 0) is 0 Å². The number of halogens is 1. The summed E-state index contributed by atoms with van der Waals surface area (Å²) in [6.45, 7) is 2.05. The molecule has 0 aliphatic rings. The van der Waals surface area contributed by atoms with E-state index in [2.05, 4.69) is 29.8 Å². The van der Waals surface area contributed by atoms with Crippen LogP contribution in [0.1, 0.15) is 16.8 Å². The van der Waals surface area contributed by atoms with Crippen molar-refractivity contribution >= 4 is 17.2 Å². The van der Waals surface area contributed by atoms with E-state index in [1.54, 1.807) is 6.20 Å². The summed E-state index contributed by atoms with van der Waals surface area (Å²) in [5, 5.41) is 0.631. The maximum absolute atomic E-state index is 6.08. The van der Waals surface area contributed by atoms with Gasteiger partial charge in [0.25, 0.3) is 0 Å². The number of imidazole rings is 1. The van der Waals surface area contributed by atoms with Crippen LogP contribution in [0.2, 0.25) is 5.02 Å². The first-order valence-corrected chi connectivity index (χ1v) is 6.33. The first-order chi connectivity index (χ1) is 9.25. The van der Waals surface area contributed by atoms with Gasteiger partial charge in [0.2, 0.25) is 0 Å². The molecular weight excluding hydrogens is 256 g/mol. The van der Waals surface area contributed by atoms with Gasteiger partial charge in [0.1, 0.15) is 5.69 Å². The molecule has 0 aliphatic heterocycles. The lowest BCUT2D eigenvalue weighted by Gasteiger charge is -1.97. The van der Waals surface area contributed by atoms with Crippen molar-refractivity contribution in [3.05, 3.63) is 70.6 Å². The van der Waals surface area contributed by atoms with Crippen LogP contribution >= 0.6 is 11.6 Å². The minimum atomic E-state index is 0.631. The van der Waals surface area contributed by atoms with Crippen molar-refractivity contribution in [2.45, 2.75) is 6.92 Å². The van der Waals surface area contributed by atoms with Crippen LogP contribution in [0.5, 0.6) is 0 Å². The summed E-state index contributed by atoms with van der Waals surface area (Å²) in [4.78, 5) is 4.28. The van der Waals surface area contributed by atoms with Crippen molar-refractivity contribution in [2.75, 3.05) is 0 Å². The second-order valence-electron chi connectivity index (χ2n) is 4.26. The van der Waals surface area contributed by atoms with E-state index in [1.165, 1.54) is 5.56 Å². The first-order valence-electron chi connectivity index (χ1n) is 5.95. The molecule has 0 radical (unpaired) electrons. The zero-order valence-corrected chi connectivity index (χ0v) is 11.1. The molecule has 2 nitrogen and oxygen atoms in total. The summed E-state index contributed by atoms with van der Waals surface area (Å²) in [5.74, 6) is 6.32. The summed E-state index contributed by atoms with van der Waals surface area (Å²) >= 11 is 6.08. The first kappa shape index (κ1) is 11.8. The van der Waals surface area contributed by atoms with E-state index in [4.69, 9.17) is 11.6 Å². The van der Waals surface area contributed by atoms with Gasteiger partial charge in [-0.25, -0.2) is 4.98 Å². The lowest BCUT2D eigenvalue weighted by Crippen LogP contribution is -1.88. The van der Waals surface area contributed by atoms with Crippen LogP contribution in [0.4, 0.5) is 0 Å². The number of aryl methyl sites for hydroxylation is 1. The molecule has 0 N–H and O–H groups in total. The third kappa shape index (κ3) is 2.21. The quantitative estimate of drug-likeness (QED) is 0.567. The molecule has 92 valence electrons. The monoisotopic (exact) mass is 266 g/mol. The SMILES string of the molecule is Cc1ccccc1C#Cc1cnc2c(Cl)cccn12. The highest BCUT2D eigenvalue weighted by molar-refractivity contribution is 6.33. The van der Waals surface area contributed by atoms with Gasteiger partial charge in [-0.3, -0.25) is 4.40 Å². The molecule has 3 rings (SSSR count). The minimum Gasteiger partial charge on any atom is -0.292 e. The van der Waals surface area contributed by atoms with Gasteiger partial charge in [0, 0.05) is 11.8 Å². The fraction of sp³-hybridized carbons (Fsp3) is 0.0625. The second-order valence-corrected chi connectivity index (χ2v) is 4.67. The standard InChI is InChI=1S/C16H11ClN2/c1-12-5-2-3-6-13(12)8-9-14-11-18-16-15(17)7-4-10-19(14)16/h2-7,10-11H,1H3. The maximum atomic E-state index is 6.08. The number of nitrogens with zero attached hydrogens (tertiary/aromatic N) is 2. The van der Waals surface area contributed by atoms with Gasteiger partial charge in [-0.15, -0.1) is 0 Å². The molecule has 19 heavy (non-hydrogen) atoms. The predicted molar refractivity (Wildman–Crippen MR) is 77.4 cm³/mol. The van der Waals surface area contributed by atoms with Gasteiger partial charge >= 0.3 is 0 Å². The summed E-state index contributed by atoms with van der Waals surface area (Å²) in [6.07, 6.45) is 3.66. The van der Waals surface area contributed by atoms with E-state index in [1.807, 2.05) is 40.9 Å². The molecule has 0 aliphatic carbocycles. The Morgan fingerprint density at radius 2 is 1.95 bits per heavy atom. The molecule has 0 spiro atoms. The van der Waals surface area contributed by atoms with E-state index >= 15 is 0 Å². The zero-order valence-electron chi connectivity index (χ0n) is 10.4. The van der Waals surface area contributed by atoms with Crippen molar-refractivity contribution in [1.82, 2.24) is 9.38 Å². The summed E-state index contributed by atoms with van der Waals surface area (Å²) in [7, 11) is 0. The Balaban J connectivity index is 2.09. The normalized spacial score (nSPS) is 10.2. The Morgan fingerprint density at radius 3 is 2.79 bits per heavy atom. The summed E-state index contributed by atoms with van der Waals surface area (Å²) in [5.41, 5.74) is 3.76. The molecule has 2 aromatic heterocycles. The van der Waals surface area contributed by atoms with Crippen LogP contribution in [0, 0.1) is 18.8 Å². The second kappa shape index (κ2) is 4.79. The molecular formula is C16H11ClN2. The third-order valence-corrected chi connectivity index (χ3v) is 3.25. The lowest BCUT2D eigenvalue weighted by atomic mass is 10.1. The summed E-state index contributed by atoms with van der Waals surface area (Å²) in [6, 6.07) is 11.8. The molecule has 0 bridgehead atoms. The number of hydrogen-bond acceptors (Lipinski definition) is 1. The van der Waals surface area contributed by atoms with Crippen molar-refractivity contribution in [2.24, 2.45) is 0 Å². The fourth-order valence-corrected chi connectivity index (χ4v) is 2.13. The van der Waals surface area contributed by atoms with Crippen LogP contribution in [-0.4, -0.2) is 9.38 Å². The number of rotatable bonds is 0. The maximum Gasteiger partial charge on any atom is 0.156 e. The Kier molecular flexibility index (Phi) is 2.98. The van der Waals surface area contributed by atoms with Crippen LogP contribution in [0.25, 0.3) is 5.65 Å². The molecule has 0 unspecified atom stereocenters. The fourth-order valence-electron chi connectivity index (χ4n) is 1.91. The van der Waals surface area contributed by atoms with Gasteiger partial charge in [-0.1, -0.05) is 35.7 Å². The number of hydrogen-bond donors (Lipinski definition) is 0. The highest BCUT2D eigenvalue weighted by Gasteiger charge is 2.03. The van der Waals surface area contributed by atoms with Crippen molar-refractivity contribution in [1.29, 1.82) is 0 Å². The molecule has 0 saturated heterocycles. The molecule has 0 amide bonds. The number of pyridine rings is 1. The molecule has 3 aromatic rings. The third-order valence-electron chi connectivity index (χ3n) is 2.96. The van der Waals surface area contributed by atoms with Gasteiger partial charge in [-0.2, -0.15) is 0 Å². The Morgan fingerprint density at radius 1 is 1.11 bits per heavy atom. The van der Waals surface area contributed by atoms with E-state index in [0.29, 0.717) is 5.02 Å². The van der Waals surface area contributed by atoms with Gasteiger partial charge in [-0.05, 0) is 36.6 Å². The van der Waals surface area contributed by atoms with Crippen molar-refractivity contribution in [3.8, 4) is 11.8 Å². The van der Waals surface area contributed by atoms with Crippen molar-refractivity contribution < 1.29 is 0 Å². The predicted octanol–water partition coefficient (Wildman–Crippen LogP) is 3.70. The van der Waals surface area contributed by atoms with Crippen LogP contribution in [0.3, 0.4) is 0 Å². The molecule has 1 aromatic carbocycles. The Bertz CT molecular complexity index is 806. The van der Waals surface area contributed by atoms with E-state index in [-0.39, 0.29) is 0 Å². The average Bonchev–Trinajstić information content (AvgIpc) is 2.83. The Labute approximate surface area is 116 Å². The highest BCUT2D eigenvalue weighted by Crippen LogP contribution is 2.16. The van der Waals surface area contributed by atoms with Crippen molar-refractivity contribution in [3.63, 3.8) is 0 Å². The minimum absolute atomic E-state index is 0.631.